The lowest BCUT2D eigenvalue weighted by Crippen LogP contribution is -2.39. The van der Waals surface area contributed by atoms with Gasteiger partial charge < -0.3 is 0 Å². The number of hydrogen-bond acceptors (Lipinski definition) is 5. The third-order valence-electron chi connectivity index (χ3n) is 4.93. The fourth-order valence-corrected chi connectivity index (χ4v) is 5.93. The Bertz CT molecular complexity index is 1190. The molecule has 0 unspecified atom stereocenters. The zero-order chi connectivity index (χ0) is 23.3. The molecule has 1 N–H and O–H groups in total. The molecule has 168 valence electrons. The fraction of sp³-hybridized carbons (Fsp3) is 0.250. The summed E-state index contributed by atoms with van der Waals surface area (Å²) in [7, 11) is -3.93. The Kier molecular flexibility index (Phi) is 7.60. The summed E-state index contributed by atoms with van der Waals surface area (Å²) >= 11 is 1.49. The van der Waals surface area contributed by atoms with Crippen molar-refractivity contribution in [1.29, 1.82) is 0 Å². The highest BCUT2D eigenvalue weighted by atomic mass is 32.2. The number of hydrogen-bond donors (Lipinski definition) is 1. The van der Waals surface area contributed by atoms with E-state index < -0.39 is 15.9 Å². The Hall–Kier alpha value is -2.81. The van der Waals surface area contributed by atoms with Crippen LogP contribution in [0.4, 0.5) is 0 Å². The quantitative estimate of drug-likeness (QED) is 0.394. The number of carbonyl (C=O) groups excluding carboxylic acids is 1. The molecular formula is C24H27N3O3S2. The molecule has 32 heavy (non-hydrogen) atoms. The van der Waals surface area contributed by atoms with Gasteiger partial charge in [0.1, 0.15) is 0 Å². The van der Waals surface area contributed by atoms with Crippen molar-refractivity contribution in [3.8, 4) is 0 Å². The highest BCUT2D eigenvalue weighted by Gasteiger charge is 2.30. The lowest BCUT2D eigenvalue weighted by atomic mass is 10.1. The predicted molar refractivity (Wildman–Crippen MR) is 129 cm³/mol. The van der Waals surface area contributed by atoms with E-state index in [4.69, 9.17) is 0 Å². The van der Waals surface area contributed by atoms with E-state index in [1.54, 1.807) is 13.8 Å². The van der Waals surface area contributed by atoms with Crippen LogP contribution < -0.4 is 5.43 Å². The van der Waals surface area contributed by atoms with E-state index in [-0.39, 0.29) is 18.0 Å². The first-order valence-corrected chi connectivity index (χ1v) is 12.5. The molecule has 0 fully saturated rings. The monoisotopic (exact) mass is 469 g/mol. The minimum Gasteiger partial charge on any atom is -0.272 e. The van der Waals surface area contributed by atoms with Crippen LogP contribution >= 0.6 is 11.3 Å². The minimum atomic E-state index is -3.93. The summed E-state index contributed by atoms with van der Waals surface area (Å²) in [6, 6.07) is 15.0. The number of amides is 1. The van der Waals surface area contributed by atoms with Crippen molar-refractivity contribution in [2.45, 2.75) is 39.1 Å². The molecule has 0 bridgehead atoms. The molecule has 1 aromatic heterocycles. The average Bonchev–Trinajstić information content (AvgIpc) is 3.21. The molecule has 3 aromatic rings. The standard InChI is InChI=1S/C24H27N3O3S2/c1-17-7-9-21(10-8-17)15-27(16-23(28)26-25-14-22-6-5-11-31-22)32(29,30)24-19(3)12-18(2)13-20(24)4/h5-14H,15-16H2,1-4H3,(H,26,28)/b25-14+. The van der Waals surface area contributed by atoms with E-state index in [2.05, 4.69) is 10.5 Å². The Morgan fingerprint density at radius 1 is 1.03 bits per heavy atom. The van der Waals surface area contributed by atoms with Gasteiger partial charge in [-0.15, -0.1) is 11.3 Å². The molecule has 3 rings (SSSR count). The smallest absolute Gasteiger partial charge is 0.255 e. The van der Waals surface area contributed by atoms with Crippen molar-refractivity contribution in [3.63, 3.8) is 0 Å². The second-order valence-electron chi connectivity index (χ2n) is 7.80. The maximum absolute atomic E-state index is 13.7. The molecule has 0 spiro atoms. The number of carbonyl (C=O) groups is 1. The van der Waals surface area contributed by atoms with Crippen LogP contribution in [0.5, 0.6) is 0 Å². The fourth-order valence-electron chi connectivity index (χ4n) is 3.55. The van der Waals surface area contributed by atoms with Crippen molar-refractivity contribution >= 4 is 33.5 Å². The van der Waals surface area contributed by atoms with Gasteiger partial charge in [-0.25, -0.2) is 13.8 Å². The normalized spacial score (nSPS) is 11.9. The van der Waals surface area contributed by atoms with Gasteiger partial charge in [0.15, 0.2) is 0 Å². The number of benzene rings is 2. The van der Waals surface area contributed by atoms with Gasteiger partial charge in [0, 0.05) is 11.4 Å². The second kappa shape index (κ2) is 10.2. The Morgan fingerprint density at radius 2 is 1.69 bits per heavy atom. The minimum absolute atomic E-state index is 0.0808. The number of nitrogens with zero attached hydrogens (tertiary/aromatic N) is 2. The van der Waals surface area contributed by atoms with Crippen molar-refractivity contribution in [2.75, 3.05) is 6.54 Å². The third kappa shape index (κ3) is 5.91. The van der Waals surface area contributed by atoms with Gasteiger partial charge >= 0.3 is 0 Å². The van der Waals surface area contributed by atoms with Crippen LogP contribution in [0.15, 0.2) is 63.9 Å². The van der Waals surface area contributed by atoms with Crippen molar-refractivity contribution in [3.05, 3.63) is 86.6 Å². The maximum atomic E-state index is 13.7. The van der Waals surface area contributed by atoms with E-state index in [0.717, 1.165) is 21.6 Å². The van der Waals surface area contributed by atoms with Crippen molar-refractivity contribution < 1.29 is 13.2 Å². The number of hydrazone groups is 1. The van der Waals surface area contributed by atoms with E-state index in [1.807, 2.05) is 67.8 Å². The molecule has 1 amide bonds. The summed E-state index contributed by atoms with van der Waals surface area (Å²) < 4.78 is 28.5. The van der Waals surface area contributed by atoms with E-state index in [1.165, 1.54) is 21.9 Å². The zero-order valence-electron chi connectivity index (χ0n) is 18.6. The predicted octanol–water partition coefficient (Wildman–Crippen LogP) is 4.32. The topological polar surface area (TPSA) is 78.8 Å². The first-order valence-electron chi connectivity index (χ1n) is 10.2. The summed E-state index contributed by atoms with van der Waals surface area (Å²) in [5.41, 5.74) is 6.63. The molecular weight excluding hydrogens is 442 g/mol. The van der Waals surface area contributed by atoms with Gasteiger partial charge in [-0.1, -0.05) is 53.6 Å². The lowest BCUT2D eigenvalue weighted by Gasteiger charge is -2.24. The lowest BCUT2D eigenvalue weighted by molar-refractivity contribution is -0.121. The number of aryl methyl sites for hydroxylation is 4. The summed E-state index contributed by atoms with van der Waals surface area (Å²) in [5.74, 6) is -0.504. The van der Waals surface area contributed by atoms with Gasteiger partial charge in [-0.05, 0) is 55.8 Å². The number of rotatable bonds is 8. The number of thiophene rings is 1. The largest absolute Gasteiger partial charge is 0.272 e. The number of sulfonamides is 1. The van der Waals surface area contributed by atoms with Gasteiger partial charge in [-0.3, -0.25) is 4.79 Å². The summed E-state index contributed by atoms with van der Waals surface area (Å²) in [6.45, 7) is 7.20. The summed E-state index contributed by atoms with van der Waals surface area (Å²) in [5, 5.41) is 5.86. The summed E-state index contributed by atoms with van der Waals surface area (Å²) in [4.78, 5) is 13.7. The van der Waals surface area contributed by atoms with Crippen molar-refractivity contribution in [1.82, 2.24) is 9.73 Å². The zero-order valence-corrected chi connectivity index (χ0v) is 20.3. The molecule has 1 heterocycles. The molecule has 0 atom stereocenters. The molecule has 6 nitrogen and oxygen atoms in total. The van der Waals surface area contributed by atoms with E-state index in [0.29, 0.717) is 11.1 Å². The Labute approximate surface area is 193 Å². The van der Waals surface area contributed by atoms with Crippen LogP contribution in [0.1, 0.15) is 32.7 Å². The molecule has 0 radical (unpaired) electrons. The third-order valence-corrected chi connectivity index (χ3v) is 7.83. The second-order valence-corrected chi connectivity index (χ2v) is 10.6. The molecule has 0 aliphatic heterocycles. The van der Waals surface area contributed by atoms with Crippen LogP contribution in [0, 0.1) is 27.7 Å². The Balaban J connectivity index is 1.89. The number of nitrogens with one attached hydrogen (secondary N) is 1. The SMILES string of the molecule is Cc1ccc(CN(CC(=O)N/N=C/c2cccs2)S(=O)(=O)c2c(C)cc(C)cc2C)cc1. The molecule has 0 saturated carbocycles. The summed E-state index contributed by atoms with van der Waals surface area (Å²) in [6.07, 6.45) is 1.54. The Morgan fingerprint density at radius 3 is 2.28 bits per heavy atom. The van der Waals surface area contributed by atoms with Gasteiger partial charge in [0.25, 0.3) is 5.91 Å². The van der Waals surface area contributed by atoms with Gasteiger partial charge in [-0.2, -0.15) is 9.41 Å². The molecule has 8 heteroatoms. The van der Waals surface area contributed by atoms with Crippen molar-refractivity contribution in [2.24, 2.45) is 5.10 Å². The van der Waals surface area contributed by atoms with Crippen LogP contribution in [0.2, 0.25) is 0 Å². The first-order chi connectivity index (χ1) is 15.2. The average molecular weight is 470 g/mol. The molecule has 0 aliphatic rings. The molecule has 2 aromatic carbocycles. The van der Waals surface area contributed by atoms with Gasteiger partial charge in [0.05, 0.1) is 17.7 Å². The molecule has 0 aliphatic carbocycles. The van der Waals surface area contributed by atoms with E-state index >= 15 is 0 Å². The van der Waals surface area contributed by atoms with Crippen LogP contribution in [0.25, 0.3) is 0 Å². The molecule has 0 saturated heterocycles. The van der Waals surface area contributed by atoms with Crippen LogP contribution in [0.3, 0.4) is 0 Å². The highest BCUT2D eigenvalue weighted by Crippen LogP contribution is 2.26. The van der Waals surface area contributed by atoms with Gasteiger partial charge in [0.2, 0.25) is 10.0 Å². The van der Waals surface area contributed by atoms with Crippen LogP contribution in [-0.4, -0.2) is 31.4 Å². The first kappa shape index (κ1) is 23.8. The highest BCUT2D eigenvalue weighted by molar-refractivity contribution is 7.89. The van der Waals surface area contributed by atoms with E-state index in [9.17, 15) is 13.2 Å². The maximum Gasteiger partial charge on any atom is 0.255 e. The van der Waals surface area contributed by atoms with Crippen LogP contribution in [-0.2, 0) is 21.4 Å².